The Bertz CT molecular complexity index is 746. The monoisotopic (exact) mass is 412 g/mol. The molecule has 0 N–H and O–H groups in total. The van der Waals surface area contributed by atoms with Crippen LogP contribution in [0.4, 0.5) is 4.79 Å². The van der Waals surface area contributed by atoms with Crippen molar-refractivity contribution in [1.82, 2.24) is 9.80 Å². The molecule has 2 rings (SSSR count). The minimum atomic E-state index is -3.45. The normalized spacial score (nSPS) is 16.6. The van der Waals surface area contributed by atoms with Gasteiger partial charge in [-0.05, 0) is 17.0 Å². The van der Waals surface area contributed by atoms with Crippen LogP contribution in [0.25, 0.3) is 0 Å². The number of fused-ring (bicyclic) bond motifs is 1. The maximum atomic E-state index is 13.4. The topological polar surface area (TPSA) is 85.4 Å². The lowest BCUT2D eigenvalue weighted by Gasteiger charge is -2.39. The fraction of sp³-hybridized carbons (Fsp3) is 0.579. The highest BCUT2D eigenvalue weighted by atomic mass is 31.2. The molecule has 1 unspecified atom stereocenters. The van der Waals surface area contributed by atoms with Gasteiger partial charge in [0.25, 0.3) is 0 Å². The van der Waals surface area contributed by atoms with Crippen LogP contribution >= 0.6 is 7.60 Å². The molecule has 1 aliphatic heterocycles. The Morgan fingerprint density at radius 1 is 1.18 bits per heavy atom. The second-order valence-corrected chi connectivity index (χ2v) is 9.39. The van der Waals surface area contributed by atoms with Crippen molar-refractivity contribution >= 4 is 19.6 Å². The number of urea groups is 1. The van der Waals surface area contributed by atoms with Crippen molar-refractivity contribution in [2.24, 2.45) is 5.92 Å². The molecule has 0 fully saturated rings. The minimum Gasteiger partial charge on any atom is -0.467 e. The van der Waals surface area contributed by atoms with Gasteiger partial charge in [0.15, 0.2) is 0 Å². The van der Waals surface area contributed by atoms with Gasteiger partial charge in [0.2, 0.25) is 0 Å². The minimum absolute atomic E-state index is 0.125. The Labute approximate surface area is 166 Å². The first-order chi connectivity index (χ1) is 13.2. The Morgan fingerprint density at radius 2 is 1.79 bits per heavy atom. The van der Waals surface area contributed by atoms with E-state index in [0.717, 1.165) is 11.1 Å². The maximum absolute atomic E-state index is 13.4. The molecule has 9 heteroatoms. The van der Waals surface area contributed by atoms with Crippen LogP contribution in [-0.4, -0.2) is 62.0 Å². The van der Waals surface area contributed by atoms with Crippen LogP contribution < -0.4 is 0 Å². The van der Waals surface area contributed by atoms with E-state index in [0.29, 0.717) is 13.0 Å². The highest BCUT2D eigenvalue weighted by Gasteiger charge is 2.39. The standard InChI is InChI=1S/C19H29N2O6P/c1-14(2)11-20(13-28(24,26-4)27-5)19(23)21-12-16-9-7-6-8-15(16)10-17(21)18(22)25-3/h6-9,14,17H,10-13H2,1-5H3. The largest absolute Gasteiger partial charge is 0.467 e. The lowest BCUT2D eigenvalue weighted by molar-refractivity contribution is -0.146. The molecular weight excluding hydrogens is 383 g/mol. The number of methoxy groups -OCH3 is 1. The predicted molar refractivity (Wildman–Crippen MR) is 105 cm³/mol. The van der Waals surface area contributed by atoms with Gasteiger partial charge < -0.3 is 23.6 Å². The molecule has 1 aromatic rings. The number of rotatable bonds is 7. The van der Waals surface area contributed by atoms with Crippen LogP contribution in [0.2, 0.25) is 0 Å². The molecule has 2 amide bonds. The van der Waals surface area contributed by atoms with Crippen molar-refractivity contribution in [3.05, 3.63) is 35.4 Å². The quantitative estimate of drug-likeness (QED) is 0.505. The molecule has 8 nitrogen and oxygen atoms in total. The van der Waals surface area contributed by atoms with Gasteiger partial charge in [-0.3, -0.25) is 4.57 Å². The molecule has 0 bridgehead atoms. The third kappa shape index (κ3) is 5.13. The first kappa shape index (κ1) is 22.4. The van der Waals surface area contributed by atoms with Gasteiger partial charge in [-0.15, -0.1) is 0 Å². The number of nitrogens with zero attached hydrogens (tertiary/aromatic N) is 2. The molecular formula is C19H29N2O6P. The summed E-state index contributed by atoms with van der Waals surface area (Å²) in [6, 6.07) is 6.55. The summed E-state index contributed by atoms with van der Waals surface area (Å²) >= 11 is 0. The zero-order valence-electron chi connectivity index (χ0n) is 17.1. The number of benzene rings is 1. The van der Waals surface area contributed by atoms with E-state index in [-0.39, 0.29) is 18.7 Å². The number of esters is 1. The van der Waals surface area contributed by atoms with Crippen molar-refractivity contribution in [3.8, 4) is 0 Å². The summed E-state index contributed by atoms with van der Waals surface area (Å²) in [6.45, 7) is 4.53. The number of carbonyl (C=O) groups excluding carboxylic acids is 2. The number of ether oxygens (including phenoxy) is 1. The molecule has 0 saturated heterocycles. The Hall–Kier alpha value is -1.89. The van der Waals surface area contributed by atoms with Gasteiger partial charge in [0, 0.05) is 33.7 Å². The number of hydrogen-bond acceptors (Lipinski definition) is 6. The van der Waals surface area contributed by atoms with E-state index in [1.165, 1.54) is 31.1 Å². The lowest BCUT2D eigenvalue weighted by Crippen LogP contribution is -2.54. The summed E-state index contributed by atoms with van der Waals surface area (Å²) in [4.78, 5) is 28.7. The second kappa shape index (κ2) is 9.54. The summed E-state index contributed by atoms with van der Waals surface area (Å²) < 4.78 is 27.6. The predicted octanol–water partition coefficient (Wildman–Crippen LogP) is 3.11. The first-order valence-corrected chi connectivity index (χ1v) is 10.9. The lowest BCUT2D eigenvalue weighted by atomic mass is 9.94. The highest BCUT2D eigenvalue weighted by molar-refractivity contribution is 7.53. The smallest absolute Gasteiger partial charge is 0.349 e. The molecule has 28 heavy (non-hydrogen) atoms. The van der Waals surface area contributed by atoms with Crippen molar-refractivity contribution in [2.45, 2.75) is 32.9 Å². The molecule has 1 heterocycles. The Balaban J connectivity index is 2.36. The number of amides is 2. The fourth-order valence-electron chi connectivity index (χ4n) is 3.29. The number of hydrogen-bond donors (Lipinski definition) is 0. The average Bonchev–Trinajstić information content (AvgIpc) is 2.70. The van der Waals surface area contributed by atoms with Crippen LogP contribution in [0.3, 0.4) is 0 Å². The Morgan fingerprint density at radius 3 is 2.32 bits per heavy atom. The van der Waals surface area contributed by atoms with Crippen LogP contribution in [0.1, 0.15) is 25.0 Å². The third-order valence-corrected chi connectivity index (χ3v) is 6.52. The third-order valence-electron chi connectivity index (χ3n) is 4.72. The first-order valence-electron chi connectivity index (χ1n) is 9.15. The van der Waals surface area contributed by atoms with Crippen LogP contribution in [-0.2, 0) is 36.1 Å². The SMILES string of the molecule is COC(=O)C1Cc2ccccc2CN1C(=O)N(CC(C)C)CP(=O)(OC)OC. The van der Waals surface area contributed by atoms with Gasteiger partial charge in [0.1, 0.15) is 12.3 Å². The zero-order valence-corrected chi connectivity index (χ0v) is 18.0. The summed E-state index contributed by atoms with van der Waals surface area (Å²) in [7, 11) is 0.431. The van der Waals surface area contributed by atoms with Crippen molar-refractivity contribution in [3.63, 3.8) is 0 Å². The Kier molecular flexibility index (Phi) is 7.63. The number of carbonyl (C=O) groups is 2. The summed E-state index contributed by atoms with van der Waals surface area (Å²) in [5, 5.41) is 0. The molecule has 1 aromatic carbocycles. The molecule has 1 atom stereocenters. The van der Waals surface area contributed by atoms with E-state index in [4.69, 9.17) is 13.8 Å². The van der Waals surface area contributed by atoms with Gasteiger partial charge in [-0.2, -0.15) is 0 Å². The highest BCUT2D eigenvalue weighted by Crippen LogP contribution is 2.47. The summed E-state index contributed by atoms with van der Waals surface area (Å²) in [5.74, 6) is -0.353. The van der Waals surface area contributed by atoms with Crippen LogP contribution in [0.5, 0.6) is 0 Å². The molecule has 0 aromatic heterocycles. The van der Waals surface area contributed by atoms with Gasteiger partial charge in [-0.25, -0.2) is 9.59 Å². The van der Waals surface area contributed by atoms with Gasteiger partial charge in [0.05, 0.1) is 7.11 Å². The van der Waals surface area contributed by atoms with Crippen LogP contribution in [0.15, 0.2) is 24.3 Å². The summed E-state index contributed by atoms with van der Waals surface area (Å²) in [6.07, 6.45) is 0.180. The molecule has 0 saturated carbocycles. The second-order valence-electron chi connectivity index (χ2n) is 7.16. The molecule has 0 aliphatic carbocycles. The molecule has 0 spiro atoms. The molecule has 1 aliphatic rings. The van der Waals surface area contributed by atoms with Crippen LogP contribution in [0, 0.1) is 5.92 Å². The van der Waals surface area contributed by atoms with Crippen molar-refractivity contribution < 1.29 is 27.9 Å². The molecule has 156 valence electrons. The van der Waals surface area contributed by atoms with E-state index >= 15 is 0 Å². The van der Waals surface area contributed by atoms with E-state index in [1.54, 1.807) is 0 Å². The van der Waals surface area contributed by atoms with Crippen molar-refractivity contribution in [1.29, 1.82) is 0 Å². The van der Waals surface area contributed by atoms with E-state index < -0.39 is 25.6 Å². The van der Waals surface area contributed by atoms with Crippen molar-refractivity contribution in [2.75, 3.05) is 34.2 Å². The fourth-order valence-corrected chi connectivity index (χ4v) is 4.32. The van der Waals surface area contributed by atoms with Gasteiger partial charge >= 0.3 is 19.6 Å². The van der Waals surface area contributed by atoms with E-state index in [1.807, 2.05) is 38.1 Å². The maximum Gasteiger partial charge on any atom is 0.349 e. The molecule has 0 radical (unpaired) electrons. The van der Waals surface area contributed by atoms with E-state index in [2.05, 4.69) is 0 Å². The van der Waals surface area contributed by atoms with Gasteiger partial charge in [-0.1, -0.05) is 38.1 Å². The zero-order chi connectivity index (χ0) is 20.9. The average molecular weight is 412 g/mol. The van der Waals surface area contributed by atoms with E-state index in [9.17, 15) is 14.2 Å². The summed E-state index contributed by atoms with van der Waals surface area (Å²) in [5.41, 5.74) is 1.99.